The van der Waals surface area contributed by atoms with E-state index in [-0.39, 0.29) is 36.4 Å². The molecule has 3 aliphatic heterocycles. The van der Waals surface area contributed by atoms with Crippen molar-refractivity contribution >= 4 is 36.0 Å². The van der Waals surface area contributed by atoms with Gasteiger partial charge in [0.2, 0.25) is 0 Å². The first-order chi connectivity index (χ1) is 15.6. The molecule has 182 valence electrons. The van der Waals surface area contributed by atoms with E-state index in [0.717, 1.165) is 77.1 Å². The maximum absolute atomic E-state index is 12.4. The van der Waals surface area contributed by atoms with Crippen molar-refractivity contribution in [3.8, 4) is 0 Å². The van der Waals surface area contributed by atoms with Gasteiger partial charge in [0.1, 0.15) is 6.04 Å². The minimum atomic E-state index is -0.253. The summed E-state index contributed by atoms with van der Waals surface area (Å²) >= 11 is 0. The molecule has 9 heteroatoms. The first-order valence-corrected chi connectivity index (χ1v) is 12.0. The van der Waals surface area contributed by atoms with Crippen molar-refractivity contribution in [2.45, 2.75) is 45.1 Å². The lowest BCUT2D eigenvalue weighted by molar-refractivity contribution is -0.128. The van der Waals surface area contributed by atoms with Crippen molar-refractivity contribution in [2.24, 2.45) is 0 Å². The summed E-state index contributed by atoms with van der Waals surface area (Å²) in [5.41, 5.74) is 1.58. The van der Waals surface area contributed by atoms with Crippen molar-refractivity contribution in [1.29, 1.82) is 0 Å². The van der Waals surface area contributed by atoms with Gasteiger partial charge < -0.3 is 14.5 Å². The number of urea groups is 1. The normalized spacial score (nSPS) is 20.8. The Morgan fingerprint density at radius 1 is 1.03 bits per heavy atom. The lowest BCUT2D eigenvalue weighted by atomic mass is 10.1. The number of carbonyl (C=O) groups is 3. The van der Waals surface area contributed by atoms with Gasteiger partial charge in [0.25, 0.3) is 5.91 Å². The van der Waals surface area contributed by atoms with Crippen LogP contribution in [-0.2, 0) is 9.53 Å². The Morgan fingerprint density at radius 2 is 1.76 bits per heavy atom. The molecule has 0 spiro atoms. The second-order valence-corrected chi connectivity index (χ2v) is 8.81. The highest BCUT2D eigenvalue weighted by Crippen LogP contribution is 2.27. The van der Waals surface area contributed by atoms with E-state index in [4.69, 9.17) is 4.74 Å². The number of nitrogens with zero attached hydrogens (tertiary/aromatic N) is 4. The first-order valence-electron chi connectivity index (χ1n) is 12.0. The average Bonchev–Trinajstić information content (AvgIpc) is 3.39. The summed E-state index contributed by atoms with van der Waals surface area (Å²) in [7, 11) is 0. The van der Waals surface area contributed by atoms with Crippen molar-refractivity contribution in [1.82, 2.24) is 14.7 Å². The molecule has 1 aromatic carbocycles. The van der Waals surface area contributed by atoms with Crippen LogP contribution in [0.1, 0.15) is 49.4 Å². The predicted octanol–water partition coefficient (Wildman–Crippen LogP) is 3.00. The van der Waals surface area contributed by atoms with Crippen molar-refractivity contribution < 1.29 is 19.1 Å². The fraction of sp³-hybridized carbons (Fsp3) is 0.625. The zero-order valence-corrected chi connectivity index (χ0v) is 20.2. The van der Waals surface area contributed by atoms with E-state index in [2.05, 4.69) is 9.80 Å². The maximum atomic E-state index is 12.4. The molecule has 1 aromatic rings. The Balaban J connectivity index is 0.00000306. The standard InChI is InChI=1S/C24H34N4O4.ClH/c1-2-18-32-23(30)19-8-3-4-9-20(19)26-16-14-25(15-17-26)11-5-6-12-28-22(29)21-10-7-13-27(21)24(28)31;/h3-4,8-9,21H,2,5-7,10-18H2,1H3;1H. The van der Waals surface area contributed by atoms with Gasteiger partial charge in [-0.25, -0.2) is 9.59 Å². The highest BCUT2D eigenvalue weighted by molar-refractivity contribution is 6.04. The number of halogens is 1. The number of esters is 1. The highest BCUT2D eigenvalue weighted by Gasteiger charge is 2.46. The van der Waals surface area contributed by atoms with E-state index in [1.165, 1.54) is 4.90 Å². The average molecular weight is 479 g/mol. The predicted molar refractivity (Wildman–Crippen MR) is 129 cm³/mol. The van der Waals surface area contributed by atoms with E-state index in [1.807, 2.05) is 31.2 Å². The molecule has 33 heavy (non-hydrogen) atoms. The van der Waals surface area contributed by atoms with Crippen LogP contribution in [-0.4, -0.2) is 91.1 Å². The minimum absolute atomic E-state index is 0. The molecule has 0 saturated carbocycles. The molecule has 3 aliphatic rings. The Hall–Kier alpha value is -2.32. The number of amides is 3. The molecular formula is C24H35ClN4O4. The van der Waals surface area contributed by atoms with Crippen LogP contribution >= 0.6 is 12.4 Å². The minimum Gasteiger partial charge on any atom is -0.462 e. The van der Waals surface area contributed by atoms with E-state index in [1.54, 1.807) is 4.90 Å². The largest absolute Gasteiger partial charge is 0.462 e. The molecule has 0 bridgehead atoms. The summed E-state index contributed by atoms with van der Waals surface area (Å²) in [6.45, 7) is 8.20. The third kappa shape index (κ3) is 5.61. The van der Waals surface area contributed by atoms with Gasteiger partial charge in [0.15, 0.2) is 0 Å². The molecule has 0 aliphatic carbocycles. The van der Waals surface area contributed by atoms with Gasteiger partial charge in [-0.2, -0.15) is 0 Å². The molecule has 0 N–H and O–H groups in total. The van der Waals surface area contributed by atoms with Crippen LogP contribution in [0.4, 0.5) is 10.5 Å². The molecule has 3 amide bonds. The zero-order valence-electron chi connectivity index (χ0n) is 19.4. The summed E-state index contributed by atoms with van der Waals surface area (Å²) in [5, 5.41) is 0. The summed E-state index contributed by atoms with van der Waals surface area (Å²) in [6.07, 6.45) is 4.36. The highest BCUT2D eigenvalue weighted by atomic mass is 35.5. The number of unbranched alkanes of at least 4 members (excludes halogenated alkanes) is 1. The fourth-order valence-electron chi connectivity index (χ4n) is 4.90. The first kappa shape index (κ1) is 25.3. The maximum Gasteiger partial charge on any atom is 0.340 e. The quantitative estimate of drug-likeness (QED) is 0.308. The molecule has 3 saturated heterocycles. The monoisotopic (exact) mass is 478 g/mol. The third-order valence-corrected chi connectivity index (χ3v) is 6.66. The van der Waals surface area contributed by atoms with Crippen LogP contribution in [0.25, 0.3) is 0 Å². The number of hydrogen-bond donors (Lipinski definition) is 0. The van der Waals surface area contributed by atoms with Crippen LogP contribution in [0.2, 0.25) is 0 Å². The van der Waals surface area contributed by atoms with Gasteiger partial charge >= 0.3 is 12.0 Å². The van der Waals surface area contributed by atoms with Gasteiger partial charge in [0.05, 0.1) is 17.9 Å². The molecule has 1 unspecified atom stereocenters. The van der Waals surface area contributed by atoms with Crippen LogP contribution in [0.5, 0.6) is 0 Å². The van der Waals surface area contributed by atoms with Crippen LogP contribution in [0.3, 0.4) is 0 Å². The number of imide groups is 1. The number of para-hydroxylation sites is 1. The molecule has 8 nitrogen and oxygen atoms in total. The molecule has 0 aromatic heterocycles. The van der Waals surface area contributed by atoms with Gasteiger partial charge in [-0.15, -0.1) is 12.4 Å². The topological polar surface area (TPSA) is 73.4 Å². The molecule has 3 fully saturated rings. The number of hydrogen-bond acceptors (Lipinski definition) is 6. The zero-order chi connectivity index (χ0) is 22.5. The Kier molecular flexibility index (Phi) is 8.97. The lowest BCUT2D eigenvalue weighted by Gasteiger charge is -2.36. The fourth-order valence-corrected chi connectivity index (χ4v) is 4.90. The smallest absolute Gasteiger partial charge is 0.340 e. The van der Waals surface area contributed by atoms with E-state index < -0.39 is 0 Å². The van der Waals surface area contributed by atoms with Gasteiger partial charge in [-0.3, -0.25) is 14.6 Å². The summed E-state index contributed by atoms with van der Waals surface area (Å²) in [4.78, 5) is 45.1. The molecule has 4 rings (SSSR count). The number of ether oxygens (including phenoxy) is 1. The number of carbonyl (C=O) groups excluding carboxylic acids is 3. The van der Waals surface area contributed by atoms with Crippen LogP contribution < -0.4 is 4.90 Å². The van der Waals surface area contributed by atoms with Crippen LogP contribution in [0, 0.1) is 0 Å². The molecule has 3 heterocycles. The second kappa shape index (κ2) is 11.7. The SMILES string of the molecule is CCCOC(=O)c1ccccc1N1CCN(CCCCN2C(=O)C3CCCN3C2=O)CC1.Cl. The Morgan fingerprint density at radius 3 is 2.48 bits per heavy atom. The lowest BCUT2D eigenvalue weighted by Crippen LogP contribution is -2.47. The molecule has 0 radical (unpaired) electrons. The van der Waals surface area contributed by atoms with Crippen molar-refractivity contribution in [2.75, 3.05) is 57.3 Å². The van der Waals surface area contributed by atoms with Gasteiger partial charge in [-0.1, -0.05) is 19.1 Å². The van der Waals surface area contributed by atoms with Gasteiger partial charge in [0, 0.05) is 39.3 Å². The molecule has 1 atom stereocenters. The number of rotatable bonds is 9. The summed E-state index contributed by atoms with van der Waals surface area (Å²) < 4.78 is 5.35. The summed E-state index contributed by atoms with van der Waals surface area (Å²) in [6, 6.07) is 7.38. The van der Waals surface area contributed by atoms with E-state index in [0.29, 0.717) is 18.7 Å². The third-order valence-electron chi connectivity index (χ3n) is 6.66. The summed E-state index contributed by atoms with van der Waals surface area (Å²) in [5.74, 6) is -0.256. The van der Waals surface area contributed by atoms with E-state index in [9.17, 15) is 14.4 Å². The molecular weight excluding hydrogens is 444 g/mol. The van der Waals surface area contributed by atoms with Crippen LogP contribution in [0.15, 0.2) is 24.3 Å². The Labute approximate surface area is 202 Å². The Bertz CT molecular complexity index is 822. The van der Waals surface area contributed by atoms with E-state index >= 15 is 0 Å². The van der Waals surface area contributed by atoms with Crippen molar-refractivity contribution in [3.05, 3.63) is 29.8 Å². The second-order valence-electron chi connectivity index (χ2n) is 8.81. The number of piperazine rings is 1. The van der Waals surface area contributed by atoms with Gasteiger partial charge in [-0.05, 0) is 50.8 Å². The number of fused-ring (bicyclic) bond motifs is 1. The number of benzene rings is 1. The van der Waals surface area contributed by atoms with Crippen molar-refractivity contribution in [3.63, 3.8) is 0 Å². The number of anilines is 1.